The lowest BCUT2D eigenvalue weighted by Crippen LogP contribution is -2.49. The van der Waals surface area contributed by atoms with Gasteiger partial charge < -0.3 is 29.7 Å². The van der Waals surface area contributed by atoms with Gasteiger partial charge in [0.15, 0.2) is 18.4 Å². The van der Waals surface area contributed by atoms with E-state index in [0.29, 0.717) is 11.3 Å². The number of benzene rings is 2. The van der Waals surface area contributed by atoms with Crippen LogP contribution in [0.25, 0.3) is 6.08 Å². The zero-order chi connectivity index (χ0) is 22.5. The molecule has 2 aromatic carbocycles. The zero-order valence-corrected chi connectivity index (χ0v) is 16.8. The van der Waals surface area contributed by atoms with Crippen LogP contribution in [0.5, 0.6) is 17.2 Å². The van der Waals surface area contributed by atoms with Gasteiger partial charge >= 0.3 is 5.97 Å². The molecule has 0 aliphatic carbocycles. The highest BCUT2D eigenvalue weighted by atomic mass is 16.5. The van der Waals surface area contributed by atoms with E-state index in [-0.39, 0.29) is 23.0 Å². The van der Waals surface area contributed by atoms with Gasteiger partial charge in [-0.15, -0.1) is 0 Å². The summed E-state index contributed by atoms with van der Waals surface area (Å²) in [5.41, 5.74) is 1.08. The van der Waals surface area contributed by atoms with Gasteiger partial charge in [-0.05, 0) is 42.8 Å². The fourth-order valence-corrected chi connectivity index (χ4v) is 2.89. The average molecular weight is 427 g/mol. The van der Waals surface area contributed by atoms with Gasteiger partial charge in [-0.25, -0.2) is 4.79 Å². The molecule has 0 saturated carbocycles. The third kappa shape index (κ3) is 5.20. The number of Topliss-reactive ketones (excluding diaryl/α,β-unsaturated/α-hetero) is 1. The van der Waals surface area contributed by atoms with Crippen molar-refractivity contribution in [3.05, 3.63) is 59.4 Å². The molecule has 31 heavy (non-hydrogen) atoms. The number of allylic oxidation sites excluding steroid dienone is 1. The number of carboxylic acids is 1. The van der Waals surface area contributed by atoms with E-state index in [2.05, 4.69) is 5.32 Å². The summed E-state index contributed by atoms with van der Waals surface area (Å²) in [6.45, 7) is 0.779. The Morgan fingerprint density at radius 3 is 2.65 bits per heavy atom. The van der Waals surface area contributed by atoms with Gasteiger partial charge in [-0.3, -0.25) is 9.59 Å². The van der Waals surface area contributed by atoms with Crippen molar-refractivity contribution in [1.82, 2.24) is 5.32 Å². The van der Waals surface area contributed by atoms with E-state index in [1.165, 1.54) is 25.1 Å². The molecule has 1 aliphatic rings. The smallest absolute Gasteiger partial charge is 0.328 e. The number of fused-ring (bicyclic) bond motifs is 1. The van der Waals surface area contributed by atoms with E-state index < -0.39 is 30.6 Å². The van der Waals surface area contributed by atoms with Crippen molar-refractivity contribution in [1.29, 1.82) is 0 Å². The van der Waals surface area contributed by atoms with E-state index in [4.69, 9.17) is 19.3 Å². The lowest BCUT2D eigenvalue weighted by atomic mass is 10.1. The largest absolute Gasteiger partial charge is 0.497 e. The van der Waals surface area contributed by atoms with Crippen molar-refractivity contribution >= 4 is 23.7 Å². The molecule has 0 aromatic heterocycles. The van der Waals surface area contributed by atoms with Gasteiger partial charge in [0.1, 0.15) is 17.2 Å². The third-order valence-electron chi connectivity index (χ3n) is 4.47. The second kappa shape index (κ2) is 9.31. The Labute approximate surface area is 177 Å². The third-order valence-corrected chi connectivity index (χ3v) is 4.47. The van der Waals surface area contributed by atoms with Crippen LogP contribution in [0, 0.1) is 0 Å². The molecule has 0 radical (unpaired) electrons. The molecule has 3 rings (SSSR count). The van der Waals surface area contributed by atoms with E-state index >= 15 is 0 Å². The van der Waals surface area contributed by atoms with Crippen molar-refractivity contribution in [2.45, 2.75) is 19.1 Å². The first-order valence-electron chi connectivity index (χ1n) is 9.34. The summed E-state index contributed by atoms with van der Waals surface area (Å²) in [5, 5.41) is 20.6. The van der Waals surface area contributed by atoms with E-state index in [1.807, 2.05) is 0 Å². The molecule has 2 unspecified atom stereocenters. The van der Waals surface area contributed by atoms with Gasteiger partial charge in [0.25, 0.3) is 5.91 Å². The van der Waals surface area contributed by atoms with E-state index in [0.717, 1.165) is 5.56 Å². The quantitative estimate of drug-likeness (QED) is 0.542. The Morgan fingerprint density at radius 2 is 1.97 bits per heavy atom. The molecule has 0 saturated heterocycles. The number of ketones is 1. The molecule has 0 spiro atoms. The predicted octanol–water partition coefficient (Wildman–Crippen LogP) is 1.64. The summed E-state index contributed by atoms with van der Waals surface area (Å²) in [5.74, 6) is -1.04. The number of hydrogen-bond acceptors (Lipinski definition) is 7. The number of carboxylic acid groups (broad SMARTS) is 1. The molecular weight excluding hydrogens is 406 g/mol. The number of aliphatic hydroxyl groups excluding tert-OH is 1. The first-order valence-corrected chi connectivity index (χ1v) is 9.34. The molecule has 1 heterocycles. The van der Waals surface area contributed by atoms with Crippen molar-refractivity contribution in [2.75, 3.05) is 13.7 Å². The van der Waals surface area contributed by atoms with Crippen molar-refractivity contribution in [2.24, 2.45) is 0 Å². The lowest BCUT2D eigenvalue weighted by Gasteiger charge is -2.17. The molecule has 3 N–H and O–H groups in total. The number of nitrogens with one attached hydrogen (secondary N) is 1. The molecule has 9 heteroatoms. The maximum Gasteiger partial charge on any atom is 0.328 e. The first kappa shape index (κ1) is 21.8. The van der Waals surface area contributed by atoms with Crippen LogP contribution in [0.2, 0.25) is 0 Å². The van der Waals surface area contributed by atoms with Crippen LogP contribution in [0.3, 0.4) is 0 Å². The number of methoxy groups -OCH3 is 1. The molecule has 0 fully saturated rings. The Balaban J connectivity index is 1.67. The highest BCUT2D eigenvalue weighted by molar-refractivity contribution is 6.14. The minimum Gasteiger partial charge on any atom is -0.497 e. The molecule has 162 valence electrons. The fraction of sp³-hybridized carbons (Fsp3) is 0.227. The summed E-state index contributed by atoms with van der Waals surface area (Å²) in [6.07, 6.45) is 0.330. The Bertz CT molecular complexity index is 1040. The van der Waals surface area contributed by atoms with Gasteiger partial charge in [0.2, 0.25) is 5.78 Å². The van der Waals surface area contributed by atoms with Crippen LogP contribution in [-0.2, 0) is 9.59 Å². The molecule has 2 atom stereocenters. The Hall–Kier alpha value is -3.85. The van der Waals surface area contributed by atoms with Crippen LogP contribution < -0.4 is 19.5 Å². The number of hydrogen-bond donors (Lipinski definition) is 3. The highest BCUT2D eigenvalue weighted by Gasteiger charge is 2.28. The van der Waals surface area contributed by atoms with Crippen LogP contribution in [0.4, 0.5) is 0 Å². The number of rotatable bonds is 8. The van der Waals surface area contributed by atoms with Gasteiger partial charge in [0, 0.05) is 6.07 Å². The first-order chi connectivity index (χ1) is 14.8. The molecule has 1 amide bonds. The second-order valence-corrected chi connectivity index (χ2v) is 6.79. The van der Waals surface area contributed by atoms with Crippen LogP contribution in [0.15, 0.2) is 48.2 Å². The summed E-state index contributed by atoms with van der Waals surface area (Å²) < 4.78 is 16.2. The number of carbonyl (C=O) groups is 3. The summed E-state index contributed by atoms with van der Waals surface area (Å²) in [7, 11) is 1.55. The van der Waals surface area contributed by atoms with Gasteiger partial charge in [-0.2, -0.15) is 0 Å². The zero-order valence-electron chi connectivity index (χ0n) is 16.8. The number of carbonyl (C=O) groups excluding carboxylic acids is 2. The summed E-state index contributed by atoms with van der Waals surface area (Å²) >= 11 is 0. The van der Waals surface area contributed by atoms with Gasteiger partial charge in [0.05, 0.1) is 18.8 Å². The van der Waals surface area contributed by atoms with Crippen molar-refractivity contribution in [3.8, 4) is 17.2 Å². The van der Waals surface area contributed by atoms with E-state index in [9.17, 15) is 19.5 Å². The lowest BCUT2D eigenvalue weighted by molar-refractivity contribution is -0.145. The standard InChI is InChI=1S/C22H21NO8/c1-12(24)20(22(27)28)23-19(25)11-30-15-6-7-16-17(10-15)31-18(21(16)26)9-13-4-3-5-14(8-13)29-2/h3-10,12,20,24H,11H2,1-2H3,(H,23,25)(H,27,28). The maximum atomic E-state index is 12.6. The fourth-order valence-electron chi connectivity index (χ4n) is 2.89. The number of aliphatic carboxylic acids is 1. The molecule has 1 aliphatic heterocycles. The van der Waals surface area contributed by atoms with Crippen molar-refractivity contribution < 1.29 is 38.8 Å². The topological polar surface area (TPSA) is 131 Å². The number of aliphatic hydroxyl groups is 1. The molecule has 0 bridgehead atoms. The average Bonchev–Trinajstić information content (AvgIpc) is 3.04. The minimum absolute atomic E-state index is 0.138. The number of amides is 1. The predicted molar refractivity (Wildman–Crippen MR) is 109 cm³/mol. The normalized spacial score (nSPS) is 15.6. The van der Waals surface area contributed by atoms with Crippen LogP contribution >= 0.6 is 0 Å². The summed E-state index contributed by atoms with van der Waals surface area (Å²) in [6, 6.07) is 10.2. The Kier molecular flexibility index (Phi) is 6.56. The Morgan fingerprint density at radius 1 is 1.19 bits per heavy atom. The maximum absolute atomic E-state index is 12.6. The monoisotopic (exact) mass is 427 g/mol. The molecule has 2 aromatic rings. The minimum atomic E-state index is -1.44. The van der Waals surface area contributed by atoms with Gasteiger partial charge in [-0.1, -0.05) is 12.1 Å². The molecule has 9 nitrogen and oxygen atoms in total. The summed E-state index contributed by atoms with van der Waals surface area (Å²) in [4.78, 5) is 35.5. The van der Waals surface area contributed by atoms with Crippen molar-refractivity contribution in [3.63, 3.8) is 0 Å². The highest BCUT2D eigenvalue weighted by Crippen LogP contribution is 2.35. The van der Waals surface area contributed by atoms with E-state index in [1.54, 1.807) is 37.5 Å². The molecular formula is C22H21NO8. The van der Waals surface area contributed by atoms with Crippen LogP contribution in [0.1, 0.15) is 22.8 Å². The SMILES string of the molecule is COc1cccc(C=C2Oc3cc(OCC(=O)NC(C(=O)O)C(C)O)ccc3C2=O)c1. The second-order valence-electron chi connectivity index (χ2n) is 6.79. The van der Waals surface area contributed by atoms with Crippen LogP contribution in [-0.4, -0.2) is 53.7 Å². The number of ether oxygens (including phenoxy) is 3.